The molecule has 0 aliphatic heterocycles. The third-order valence-corrected chi connectivity index (χ3v) is 2.45. The topological polar surface area (TPSA) is 99.7 Å². The summed E-state index contributed by atoms with van der Waals surface area (Å²) in [7, 11) is 0. The molecule has 7 heteroatoms. The molecular weight excluding hydrogens is 246 g/mol. The second-order valence-electron chi connectivity index (χ2n) is 3.33. The Labute approximate surface area is 104 Å². The molecule has 0 aliphatic carbocycles. The van der Waals surface area contributed by atoms with Crippen molar-refractivity contribution in [1.82, 2.24) is 9.88 Å². The number of nitrogen functional groups attached to an aromatic ring is 1. The van der Waals surface area contributed by atoms with E-state index < -0.39 is 0 Å². The zero-order valence-corrected chi connectivity index (χ0v) is 9.89. The van der Waals surface area contributed by atoms with Crippen molar-refractivity contribution in [2.45, 2.75) is 0 Å². The minimum atomic E-state index is -0.359. The van der Waals surface area contributed by atoms with E-state index in [1.165, 1.54) is 17.2 Å². The van der Waals surface area contributed by atoms with Crippen LogP contribution in [0, 0.1) is 0 Å². The maximum absolute atomic E-state index is 12.0. The Hall–Kier alpha value is -1.37. The minimum absolute atomic E-state index is 0.140. The Bertz CT molecular complexity index is 394. The Morgan fingerprint density at radius 1 is 1.41 bits per heavy atom. The van der Waals surface area contributed by atoms with Gasteiger partial charge in [0, 0.05) is 19.3 Å². The molecule has 0 saturated carbocycles. The van der Waals surface area contributed by atoms with Crippen molar-refractivity contribution in [3.05, 3.63) is 22.8 Å². The molecule has 1 rings (SSSR count). The fourth-order valence-corrected chi connectivity index (χ4v) is 1.47. The first kappa shape index (κ1) is 13.7. The van der Waals surface area contributed by atoms with Crippen molar-refractivity contribution >= 4 is 23.3 Å². The van der Waals surface area contributed by atoms with Crippen molar-refractivity contribution < 1.29 is 15.0 Å². The van der Waals surface area contributed by atoms with Gasteiger partial charge in [-0.3, -0.25) is 4.79 Å². The average molecular weight is 260 g/mol. The summed E-state index contributed by atoms with van der Waals surface area (Å²) in [6.45, 7) is -0.0769. The number of pyridine rings is 1. The van der Waals surface area contributed by atoms with Crippen LogP contribution in [0.1, 0.15) is 10.4 Å². The number of hydrogen-bond donors (Lipinski definition) is 3. The highest BCUT2D eigenvalue weighted by Gasteiger charge is 2.16. The Balaban J connectivity index is 2.88. The van der Waals surface area contributed by atoms with Gasteiger partial charge in [0.2, 0.25) is 0 Å². The molecule has 0 spiro atoms. The molecule has 94 valence electrons. The molecule has 1 amide bonds. The van der Waals surface area contributed by atoms with Gasteiger partial charge in [-0.1, -0.05) is 11.6 Å². The number of carbonyl (C=O) groups excluding carboxylic acids is 1. The van der Waals surface area contributed by atoms with Gasteiger partial charge in [-0.15, -0.1) is 0 Å². The maximum atomic E-state index is 12.0. The predicted molar refractivity (Wildman–Crippen MR) is 63.7 cm³/mol. The minimum Gasteiger partial charge on any atom is -0.395 e. The fourth-order valence-electron chi connectivity index (χ4n) is 1.30. The van der Waals surface area contributed by atoms with E-state index in [4.69, 9.17) is 27.5 Å². The number of halogens is 1. The lowest BCUT2D eigenvalue weighted by Gasteiger charge is -2.20. The number of rotatable bonds is 5. The van der Waals surface area contributed by atoms with Crippen molar-refractivity contribution in [2.75, 3.05) is 32.0 Å². The summed E-state index contributed by atoms with van der Waals surface area (Å²) in [4.78, 5) is 17.0. The van der Waals surface area contributed by atoms with Gasteiger partial charge in [-0.2, -0.15) is 0 Å². The average Bonchev–Trinajstić information content (AvgIpc) is 2.31. The van der Waals surface area contributed by atoms with Gasteiger partial charge in [0.05, 0.1) is 23.8 Å². The van der Waals surface area contributed by atoms with Crippen molar-refractivity contribution in [2.24, 2.45) is 0 Å². The van der Waals surface area contributed by atoms with Crippen LogP contribution in [0.2, 0.25) is 5.02 Å². The van der Waals surface area contributed by atoms with Crippen LogP contribution in [-0.2, 0) is 0 Å². The lowest BCUT2D eigenvalue weighted by atomic mass is 10.2. The van der Waals surface area contributed by atoms with Crippen LogP contribution in [0.25, 0.3) is 0 Å². The summed E-state index contributed by atoms with van der Waals surface area (Å²) in [6.07, 6.45) is 1.31. The molecule has 0 unspecified atom stereocenters. The number of anilines is 1. The molecule has 17 heavy (non-hydrogen) atoms. The summed E-state index contributed by atoms with van der Waals surface area (Å²) in [5.74, 6) is -0.207. The molecule has 6 nitrogen and oxygen atoms in total. The van der Waals surface area contributed by atoms with Gasteiger partial charge >= 0.3 is 0 Å². The molecule has 0 atom stereocenters. The highest BCUT2D eigenvalue weighted by atomic mass is 35.5. The SMILES string of the molecule is Nc1ncc(C(=O)N(CCO)CCO)cc1Cl. The standard InChI is InChI=1S/C10H14ClN3O3/c11-8-5-7(6-13-9(8)12)10(17)14(1-3-15)2-4-16/h5-6,15-16H,1-4H2,(H2,12,13). The number of carbonyl (C=O) groups is 1. The number of aliphatic hydroxyl groups is 2. The van der Waals surface area contributed by atoms with Crippen LogP contribution < -0.4 is 5.73 Å². The summed E-state index contributed by atoms with van der Waals surface area (Å²) in [5, 5.41) is 17.8. The van der Waals surface area contributed by atoms with Crippen LogP contribution >= 0.6 is 11.6 Å². The largest absolute Gasteiger partial charge is 0.395 e. The summed E-state index contributed by atoms with van der Waals surface area (Å²) in [6, 6.07) is 1.41. The molecule has 1 aromatic heterocycles. The molecule has 0 aliphatic rings. The predicted octanol–water partition coefficient (Wildman–Crippen LogP) is -0.256. The number of nitrogens with zero attached hydrogens (tertiary/aromatic N) is 2. The van der Waals surface area contributed by atoms with Gasteiger partial charge < -0.3 is 20.8 Å². The van der Waals surface area contributed by atoms with Gasteiger partial charge in [0.1, 0.15) is 5.82 Å². The lowest BCUT2D eigenvalue weighted by Crippen LogP contribution is -2.35. The van der Waals surface area contributed by atoms with Gasteiger partial charge in [-0.25, -0.2) is 4.98 Å². The van der Waals surface area contributed by atoms with Gasteiger partial charge in [-0.05, 0) is 6.07 Å². The van der Waals surface area contributed by atoms with Gasteiger partial charge in [0.25, 0.3) is 5.91 Å². The van der Waals surface area contributed by atoms with E-state index in [-0.39, 0.29) is 48.6 Å². The smallest absolute Gasteiger partial charge is 0.255 e. The van der Waals surface area contributed by atoms with E-state index in [9.17, 15) is 4.79 Å². The number of hydrogen-bond acceptors (Lipinski definition) is 5. The van der Waals surface area contributed by atoms with E-state index in [2.05, 4.69) is 4.98 Å². The molecule has 0 radical (unpaired) electrons. The van der Waals surface area contributed by atoms with E-state index in [1.807, 2.05) is 0 Å². The van der Waals surface area contributed by atoms with Crippen LogP contribution in [0.4, 0.5) is 5.82 Å². The van der Waals surface area contributed by atoms with Crippen LogP contribution in [0.5, 0.6) is 0 Å². The molecule has 4 N–H and O–H groups in total. The zero-order chi connectivity index (χ0) is 12.8. The lowest BCUT2D eigenvalue weighted by molar-refractivity contribution is 0.0684. The van der Waals surface area contributed by atoms with E-state index in [1.54, 1.807) is 0 Å². The Kier molecular flexibility index (Phi) is 5.14. The Morgan fingerprint density at radius 3 is 2.47 bits per heavy atom. The van der Waals surface area contributed by atoms with Crippen molar-refractivity contribution in [1.29, 1.82) is 0 Å². The first-order valence-corrected chi connectivity index (χ1v) is 5.40. The monoisotopic (exact) mass is 259 g/mol. The number of amides is 1. The summed E-state index contributed by atoms with van der Waals surface area (Å²) >= 11 is 5.76. The second-order valence-corrected chi connectivity index (χ2v) is 3.74. The molecule has 1 heterocycles. The molecule has 0 saturated heterocycles. The van der Waals surface area contributed by atoms with Crippen molar-refractivity contribution in [3.8, 4) is 0 Å². The highest BCUT2D eigenvalue weighted by molar-refractivity contribution is 6.33. The highest BCUT2D eigenvalue weighted by Crippen LogP contribution is 2.17. The first-order chi connectivity index (χ1) is 8.10. The summed E-state index contributed by atoms with van der Waals surface area (Å²) in [5.41, 5.74) is 5.70. The quantitative estimate of drug-likeness (QED) is 0.677. The number of aromatic nitrogens is 1. The molecular formula is C10H14ClN3O3. The molecule has 0 aromatic carbocycles. The normalized spacial score (nSPS) is 10.3. The fraction of sp³-hybridized carbons (Fsp3) is 0.400. The van der Waals surface area contributed by atoms with E-state index >= 15 is 0 Å². The van der Waals surface area contributed by atoms with E-state index in [0.29, 0.717) is 0 Å². The molecule has 1 aromatic rings. The molecule has 0 fully saturated rings. The summed E-state index contributed by atoms with van der Waals surface area (Å²) < 4.78 is 0. The van der Waals surface area contributed by atoms with Crippen LogP contribution in [0.15, 0.2) is 12.3 Å². The maximum Gasteiger partial charge on any atom is 0.255 e. The van der Waals surface area contributed by atoms with Gasteiger partial charge in [0.15, 0.2) is 0 Å². The third kappa shape index (κ3) is 3.55. The van der Waals surface area contributed by atoms with Crippen LogP contribution in [-0.4, -0.2) is 52.3 Å². The third-order valence-electron chi connectivity index (χ3n) is 2.14. The first-order valence-electron chi connectivity index (χ1n) is 5.02. The second kappa shape index (κ2) is 6.39. The molecule has 0 bridgehead atoms. The Morgan fingerprint density at radius 2 is 2.00 bits per heavy atom. The van der Waals surface area contributed by atoms with Crippen LogP contribution in [0.3, 0.4) is 0 Å². The number of aliphatic hydroxyl groups excluding tert-OH is 2. The number of nitrogens with two attached hydrogens (primary N) is 1. The zero-order valence-electron chi connectivity index (χ0n) is 9.14. The van der Waals surface area contributed by atoms with E-state index in [0.717, 1.165) is 0 Å². The van der Waals surface area contributed by atoms with Crippen molar-refractivity contribution in [3.63, 3.8) is 0 Å².